The summed E-state index contributed by atoms with van der Waals surface area (Å²) in [6.45, 7) is 0. The first-order valence-electron chi connectivity index (χ1n) is 4.43. The lowest BCUT2D eigenvalue weighted by atomic mass is 9.85. The summed E-state index contributed by atoms with van der Waals surface area (Å²) >= 11 is 7.17. The maximum atomic E-state index is 11.5. The molecule has 0 bridgehead atoms. The van der Waals surface area contributed by atoms with Crippen molar-refractivity contribution in [3.63, 3.8) is 0 Å². The lowest BCUT2D eigenvalue weighted by molar-refractivity contribution is -0.125. The fraction of sp³-hybridized carbons (Fsp3) is 0.556. The van der Waals surface area contributed by atoms with E-state index in [1.807, 2.05) is 12.2 Å². The lowest BCUT2D eigenvalue weighted by Gasteiger charge is -2.25. The predicted molar refractivity (Wildman–Crippen MR) is 56.0 cm³/mol. The Morgan fingerprint density at radius 3 is 3.00 bits per heavy atom. The summed E-state index contributed by atoms with van der Waals surface area (Å²) in [4.78, 5) is 22.8. The third-order valence-corrected chi connectivity index (χ3v) is 4.05. The van der Waals surface area contributed by atoms with Crippen molar-refractivity contribution in [2.24, 2.45) is 11.8 Å². The second kappa shape index (κ2) is 3.95. The van der Waals surface area contributed by atoms with Crippen LogP contribution in [0.3, 0.4) is 0 Å². The van der Waals surface area contributed by atoms with Crippen LogP contribution >= 0.6 is 23.4 Å². The van der Waals surface area contributed by atoms with E-state index < -0.39 is 0 Å². The molecule has 2 rings (SSSR count). The van der Waals surface area contributed by atoms with Gasteiger partial charge in [-0.2, -0.15) is 0 Å². The average molecular weight is 232 g/mol. The Balaban J connectivity index is 2.21. The van der Waals surface area contributed by atoms with E-state index in [-0.39, 0.29) is 28.9 Å². The van der Waals surface area contributed by atoms with Crippen LogP contribution in [0.25, 0.3) is 0 Å². The molecule has 14 heavy (non-hydrogen) atoms. The number of imide groups is 1. The first-order chi connectivity index (χ1) is 6.74. The van der Waals surface area contributed by atoms with Gasteiger partial charge >= 0.3 is 0 Å². The summed E-state index contributed by atoms with van der Waals surface area (Å²) in [5.41, 5.74) is 0. The molecule has 1 aliphatic heterocycles. The van der Waals surface area contributed by atoms with E-state index in [1.54, 1.807) is 0 Å². The van der Waals surface area contributed by atoms with E-state index >= 15 is 0 Å². The van der Waals surface area contributed by atoms with E-state index in [0.717, 1.165) is 6.42 Å². The van der Waals surface area contributed by atoms with E-state index in [4.69, 9.17) is 11.6 Å². The van der Waals surface area contributed by atoms with Crippen LogP contribution in [0.4, 0.5) is 0 Å². The second-order valence-electron chi connectivity index (χ2n) is 3.38. The van der Waals surface area contributed by atoms with Gasteiger partial charge in [0.25, 0.3) is 0 Å². The van der Waals surface area contributed by atoms with Gasteiger partial charge in [-0.15, -0.1) is 23.4 Å². The fourth-order valence-corrected chi connectivity index (χ4v) is 3.37. The van der Waals surface area contributed by atoms with Gasteiger partial charge in [-0.25, -0.2) is 0 Å². The van der Waals surface area contributed by atoms with Crippen LogP contribution in [0.15, 0.2) is 12.2 Å². The van der Waals surface area contributed by atoms with Crippen molar-refractivity contribution < 1.29 is 9.59 Å². The molecule has 2 aliphatic rings. The summed E-state index contributed by atoms with van der Waals surface area (Å²) in [6, 6.07) is 0. The highest BCUT2D eigenvalue weighted by Gasteiger charge is 2.45. The molecule has 0 spiro atoms. The zero-order chi connectivity index (χ0) is 10.1. The number of hydrogen-bond acceptors (Lipinski definition) is 3. The van der Waals surface area contributed by atoms with Crippen LogP contribution in [0, 0.1) is 11.8 Å². The molecule has 5 heteroatoms. The minimum absolute atomic E-state index is 0.146. The number of nitrogens with one attached hydrogen (secondary N) is 1. The Hall–Kier alpha value is -0.480. The molecular formula is C9H10ClNO2S. The number of allylic oxidation sites excluding steroid dienone is 1. The van der Waals surface area contributed by atoms with Crippen molar-refractivity contribution in [1.82, 2.24) is 5.32 Å². The normalized spacial score (nSPS) is 35.6. The van der Waals surface area contributed by atoms with Gasteiger partial charge in [-0.05, 0) is 6.42 Å². The standard InChI is InChI=1S/C9H10ClNO2S/c10-4-14-6-3-1-2-5-7(6)9(13)11-8(5)12/h1-2,5-7H,3-4H2,(H,11,12,13). The molecule has 0 aromatic heterocycles. The second-order valence-corrected chi connectivity index (χ2v) is 5.19. The van der Waals surface area contributed by atoms with E-state index in [1.165, 1.54) is 11.8 Å². The molecule has 3 atom stereocenters. The van der Waals surface area contributed by atoms with Gasteiger partial charge in [0.1, 0.15) is 0 Å². The molecule has 0 saturated carbocycles. The summed E-state index contributed by atoms with van der Waals surface area (Å²) in [5, 5.41) is 2.97. The molecule has 0 aromatic carbocycles. The number of carbonyl (C=O) groups excluding carboxylic acids is 2. The van der Waals surface area contributed by atoms with Gasteiger partial charge in [-0.3, -0.25) is 14.9 Å². The summed E-state index contributed by atoms with van der Waals surface area (Å²) < 4.78 is 0. The minimum atomic E-state index is -0.267. The van der Waals surface area contributed by atoms with Crippen LogP contribution in [0.1, 0.15) is 6.42 Å². The largest absolute Gasteiger partial charge is 0.296 e. The van der Waals surface area contributed by atoms with Crippen molar-refractivity contribution in [3.8, 4) is 0 Å². The molecular weight excluding hydrogens is 222 g/mol. The molecule has 0 radical (unpaired) electrons. The number of thioether (sulfide) groups is 1. The lowest BCUT2D eigenvalue weighted by Crippen LogP contribution is -2.30. The number of alkyl halides is 1. The van der Waals surface area contributed by atoms with E-state index in [0.29, 0.717) is 5.21 Å². The summed E-state index contributed by atoms with van der Waals surface area (Å²) in [7, 11) is 0. The number of rotatable bonds is 2. The molecule has 3 nitrogen and oxygen atoms in total. The van der Waals surface area contributed by atoms with Crippen LogP contribution < -0.4 is 5.32 Å². The Kier molecular flexibility index (Phi) is 2.83. The van der Waals surface area contributed by atoms with Crippen molar-refractivity contribution in [1.29, 1.82) is 0 Å². The Morgan fingerprint density at radius 2 is 2.29 bits per heavy atom. The number of amides is 2. The van der Waals surface area contributed by atoms with Crippen molar-refractivity contribution in [2.75, 3.05) is 5.21 Å². The monoisotopic (exact) mass is 231 g/mol. The zero-order valence-electron chi connectivity index (χ0n) is 7.40. The van der Waals surface area contributed by atoms with E-state index in [9.17, 15) is 9.59 Å². The first-order valence-corrected chi connectivity index (χ1v) is 6.01. The molecule has 1 fully saturated rings. The third-order valence-electron chi connectivity index (χ3n) is 2.63. The highest BCUT2D eigenvalue weighted by Crippen LogP contribution is 2.37. The average Bonchev–Trinajstić information content (AvgIpc) is 2.44. The number of carbonyl (C=O) groups is 2. The molecule has 1 saturated heterocycles. The SMILES string of the molecule is O=C1NC(=O)C2C(SCCl)CC=CC12. The molecule has 76 valence electrons. The van der Waals surface area contributed by atoms with Crippen LogP contribution in [-0.2, 0) is 9.59 Å². The molecule has 2 amide bonds. The summed E-state index contributed by atoms with van der Waals surface area (Å²) in [5.74, 6) is -0.795. The van der Waals surface area contributed by atoms with Crippen molar-refractivity contribution in [2.45, 2.75) is 11.7 Å². The van der Waals surface area contributed by atoms with Gasteiger partial charge < -0.3 is 0 Å². The minimum Gasteiger partial charge on any atom is -0.296 e. The van der Waals surface area contributed by atoms with Gasteiger partial charge in [0.2, 0.25) is 11.8 Å². The predicted octanol–water partition coefficient (Wildman–Crippen LogP) is 1.13. The Labute approximate surface area is 91.3 Å². The maximum absolute atomic E-state index is 11.5. The number of hydrogen-bond donors (Lipinski definition) is 1. The number of fused-ring (bicyclic) bond motifs is 1. The summed E-state index contributed by atoms with van der Waals surface area (Å²) in [6.07, 6.45) is 4.61. The Morgan fingerprint density at radius 1 is 1.50 bits per heavy atom. The van der Waals surface area contributed by atoms with Crippen molar-refractivity contribution >= 4 is 35.2 Å². The van der Waals surface area contributed by atoms with Gasteiger partial charge in [-0.1, -0.05) is 12.2 Å². The zero-order valence-corrected chi connectivity index (χ0v) is 8.98. The van der Waals surface area contributed by atoms with Crippen LogP contribution in [-0.4, -0.2) is 22.3 Å². The third kappa shape index (κ3) is 1.57. The maximum Gasteiger partial charge on any atom is 0.234 e. The molecule has 1 aliphatic carbocycles. The highest BCUT2D eigenvalue weighted by molar-refractivity contribution is 8.01. The van der Waals surface area contributed by atoms with Gasteiger partial charge in [0, 0.05) is 5.25 Å². The fourth-order valence-electron chi connectivity index (χ4n) is 1.98. The van der Waals surface area contributed by atoms with Crippen molar-refractivity contribution in [3.05, 3.63) is 12.2 Å². The highest BCUT2D eigenvalue weighted by atomic mass is 35.5. The number of halogens is 1. The smallest absolute Gasteiger partial charge is 0.234 e. The molecule has 3 unspecified atom stereocenters. The van der Waals surface area contributed by atoms with E-state index in [2.05, 4.69) is 5.32 Å². The first kappa shape index (κ1) is 10.1. The van der Waals surface area contributed by atoms with Crippen LogP contribution in [0.5, 0.6) is 0 Å². The topological polar surface area (TPSA) is 46.2 Å². The quantitative estimate of drug-likeness (QED) is 0.440. The van der Waals surface area contributed by atoms with Gasteiger partial charge in [0.15, 0.2) is 0 Å². The molecule has 1 heterocycles. The van der Waals surface area contributed by atoms with Crippen LogP contribution in [0.2, 0.25) is 0 Å². The van der Waals surface area contributed by atoms with Gasteiger partial charge in [0.05, 0.1) is 17.0 Å². The Bertz CT molecular complexity index is 305. The molecule has 0 aromatic rings. The molecule has 1 N–H and O–H groups in total.